The van der Waals surface area contributed by atoms with Crippen molar-refractivity contribution in [2.45, 2.75) is 33.2 Å². The van der Waals surface area contributed by atoms with Crippen LogP contribution in [-0.2, 0) is 0 Å². The molecule has 0 bridgehead atoms. The topological polar surface area (TPSA) is 4.93 Å². The van der Waals surface area contributed by atoms with Crippen molar-refractivity contribution < 1.29 is 0 Å². The minimum Gasteiger partial charge on any atom is -0.349 e. The molecule has 1 nitrogen and oxygen atoms in total. The van der Waals surface area contributed by atoms with Crippen LogP contribution < -0.4 is 0 Å². The minimum absolute atomic E-state index is 0.648. The van der Waals surface area contributed by atoms with Crippen LogP contribution >= 0.6 is 0 Å². The molecule has 0 aliphatic rings. The fraction of sp³-hybridized carbons (Fsp3) is 0.556. The van der Waals surface area contributed by atoms with Crippen LogP contribution in [0.4, 0.5) is 0 Å². The predicted molar refractivity (Wildman–Crippen MR) is 44.2 cm³/mol. The van der Waals surface area contributed by atoms with Crippen molar-refractivity contribution in [2.75, 3.05) is 0 Å². The molecular weight excluding hydrogens is 122 g/mol. The summed E-state index contributed by atoms with van der Waals surface area (Å²) >= 11 is 0. The summed E-state index contributed by atoms with van der Waals surface area (Å²) in [5.41, 5.74) is 1.36. The number of aryl methyl sites for hydroxylation is 1. The zero-order valence-electron chi connectivity index (χ0n) is 6.96. The van der Waals surface area contributed by atoms with Crippen molar-refractivity contribution >= 4 is 0 Å². The van der Waals surface area contributed by atoms with Gasteiger partial charge in [0.25, 0.3) is 0 Å². The number of rotatable bonds is 2. The first kappa shape index (κ1) is 7.39. The van der Waals surface area contributed by atoms with Gasteiger partial charge >= 0.3 is 0 Å². The number of nitrogens with zero attached hydrogens (tertiary/aromatic N) is 1. The average molecular weight is 137 g/mol. The zero-order chi connectivity index (χ0) is 7.56. The first-order valence-corrected chi connectivity index (χ1v) is 3.89. The van der Waals surface area contributed by atoms with Gasteiger partial charge in [-0.1, -0.05) is 6.92 Å². The maximum Gasteiger partial charge on any atom is 0.0302 e. The van der Waals surface area contributed by atoms with E-state index in [9.17, 15) is 0 Å². The normalized spacial score (nSPS) is 13.5. The Bertz CT molecular complexity index is 200. The summed E-state index contributed by atoms with van der Waals surface area (Å²) in [5, 5.41) is 0. The molecule has 0 saturated carbocycles. The molecule has 0 fully saturated rings. The van der Waals surface area contributed by atoms with E-state index in [1.54, 1.807) is 0 Å². The lowest BCUT2D eigenvalue weighted by Crippen LogP contribution is -2.03. The van der Waals surface area contributed by atoms with Crippen LogP contribution in [0, 0.1) is 6.92 Å². The molecule has 0 radical (unpaired) electrons. The lowest BCUT2D eigenvalue weighted by Gasteiger charge is -2.12. The molecule has 1 unspecified atom stereocenters. The first-order chi connectivity index (χ1) is 4.75. The Balaban J connectivity index is 2.82. The third-order valence-electron chi connectivity index (χ3n) is 2.06. The van der Waals surface area contributed by atoms with Crippen LogP contribution in [-0.4, -0.2) is 4.57 Å². The summed E-state index contributed by atoms with van der Waals surface area (Å²) in [5.74, 6) is 0. The van der Waals surface area contributed by atoms with E-state index in [0.29, 0.717) is 6.04 Å². The van der Waals surface area contributed by atoms with Gasteiger partial charge in [0.1, 0.15) is 0 Å². The van der Waals surface area contributed by atoms with Gasteiger partial charge in [-0.25, -0.2) is 0 Å². The van der Waals surface area contributed by atoms with Gasteiger partial charge in [-0.15, -0.1) is 0 Å². The van der Waals surface area contributed by atoms with Gasteiger partial charge in [0, 0.05) is 17.9 Å². The Labute approximate surface area is 62.7 Å². The van der Waals surface area contributed by atoms with E-state index >= 15 is 0 Å². The fourth-order valence-electron chi connectivity index (χ4n) is 1.17. The summed E-state index contributed by atoms with van der Waals surface area (Å²) < 4.78 is 2.31. The Morgan fingerprint density at radius 1 is 1.60 bits per heavy atom. The molecular formula is C9H15N. The van der Waals surface area contributed by atoms with Crippen molar-refractivity contribution in [2.24, 2.45) is 0 Å². The molecule has 0 spiro atoms. The predicted octanol–water partition coefficient (Wildman–Crippen LogP) is 2.77. The number of aromatic nitrogens is 1. The molecule has 0 amide bonds. The largest absolute Gasteiger partial charge is 0.349 e. The Kier molecular flexibility index (Phi) is 2.15. The van der Waals surface area contributed by atoms with E-state index in [1.165, 1.54) is 12.1 Å². The van der Waals surface area contributed by atoms with Crippen LogP contribution in [0.1, 0.15) is 32.0 Å². The zero-order valence-corrected chi connectivity index (χ0v) is 6.96. The van der Waals surface area contributed by atoms with E-state index < -0.39 is 0 Å². The smallest absolute Gasteiger partial charge is 0.0302 e. The molecule has 1 aromatic heterocycles. The molecule has 1 atom stereocenters. The van der Waals surface area contributed by atoms with E-state index in [0.717, 1.165) is 0 Å². The monoisotopic (exact) mass is 137 g/mol. The van der Waals surface area contributed by atoms with Gasteiger partial charge in [-0.2, -0.15) is 0 Å². The van der Waals surface area contributed by atoms with Crippen molar-refractivity contribution in [3.05, 3.63) is 24.0 Å². The molecule has 0 N–H and O–H groups in total. The number of hydrogen-bond donors (Lipinski definition) is 0. The maximum atomic E-state index is 2.31. The van der Waals surface area contributed by atoms with Crippen LogP contribution in [0.3, 0.4) is 0 Å². The van der Waals surface area contributed by atoms with Crippen molar-refractivity contribution in [3.8, 4) is 0 Å². The Morgan fingerprint density at radius 2 is 2.30 bits per heavy atom. The van der Waals surface area contributed by atoms with Crippen LogP contribution in [0.25, 0.3) is 0 Å². The van der Waals surface area contributed by atoms with E-state index in [1.807, 2.05) is 0 Å². The second kappa shape index (κ2) is 2.91. The minimum atomic E-state index is 0.648. The third-order valence-corrected chi connectivity index (χ3v) is 2.06. The second-order valence-corrected chi connectivity index (χ2v) is 2.81. The summed E-state index contributed by atoms with van der Waals surface area (Å²) in [6.07, 6.45) is 3.35. The van der Waals surface area contributed by atoms with E-state index in [-0.39, 0.29) is 0 Å². The van der Waals surface area contributed by atoms with Gasteiger partial charge in [0.2, 0.25) is 0 Å². The van der Waals surface area contributed by atoms with Gasteiger partial charge in [0.05, 0.1) is 0 Å². The molecule has 1 heteroatoms. The molecule has 1 rings (SSSR count). The first-order valence-electron chi connectivity index (χ1n) is 3.89. The quantitative estimate of drug-likeness (QED) is 0.590. The summed E-state index contributed by atoms with van der Waals surface area (Å²) in [6, 6.07) is 4.89. The molecule has 1 heterocycles. The molecule has 0 saturated heterocycles. The van der Waals surface area contributed by atoms with Gasteiger partial charge in [0.15, 0.2) is 0 Å². The fourth-order valence-corrected chi connectivity index (χ4v) is 1.17. The molecule has 0 aromatic carbocycles. The summed E-state index contributed by atoms with van der Waals surface area (Å²) in [4.78, 5) is 0. The van der Waals surface area contributed by atoms with Crippen molar-refractivity contribution in [1.29, 1.82) is 0 Å². The van der Waals surface area contributed by atoms with Gasteiger partial charge in [-0.3, -0.25) is 0 Å². The highest BCUT2D eigenvalue weighted by Crippen LogP contribution is 2.12. The summed E-state index contributed by atoms with van der Waals surface area (Å²) in [7, 11) is 0. The maximum absolute atomic E-state index is 2.31. The van der Waals surface area contributed by atoms with Crippen LogP contribution in [0.5, 0.6) is 0 Å². The highest BCUT2D eigenvalue weighted by Gasteiger charge is 2.01. The van der Waals surface area contributed by atoms with Gasteiger partial charge in [-0.05, 0) is 32.4 Å². The average Bonchev–Trinajstić information content (AvgIpc) is 2.34. The van der Waals surface area contributed by atoms with Crippen LogP contribution in [0.15, 0.2) is 18.3 Å². The molecule has 56 valence electrons. The molecule has 0 aliphatic carbocycles. The highest BCUT2D eigenvalue weighted by atomic mass is 15.0. The number of hydrogen-bond acceptors (Lipinski definition) is 0. The van der Waals surface area contributed by atoms with Crippen LogP contribution in [0.2, 0.25) is 0 Å². The lowest BCUT2D eigenvalue weighted by atomic mass is 10.2. The van der Waals surface area contributed by atoms with Crippen molar-refractivity contribution in [1.82, 2.24) is 4.57 Å². The van der Waals surface area contributed by atoms with E-state index in [2.05, 4.69) is 43.7 Å². The van der Waals surface area contributed by atoms with Crippen molar-refractivity contribution in [3.63, 3.8) is 0 Å². The Morgan fingerprint density at radius 3 is 2.70 bits per heavy atom. The van der Waals surface area contributed by atoms with Gasteiger partial charge < -0.3 is 4.57 Å². The molecule has 10 heavy (non-hydrogen) atoms. The summed E-state index contributed by atoms with van der Waals surface area (Å²) in [6.45, 7) is 6.60. The molecule has 1 aromatic rings. The SMILES string of the molecule is CCC(C)n1cccc1C. The standard InChI is InChI=1S/C9H15N/c1-4-8(2)10-7-5-6-9(10)3/h5-8H,4H2,1-3H3. The van der Waals surface area contributed by atoms with E-state index in [4.69, 9.17) is 0 Å². The second-order valence-electron chi connectivity index (χ2n) is 2.81. The highest BCUT2D eigenvalue weighted by molar-refractivity contribution is 5.05. The Hall–Kier alpha value is -0.720. The third kappa shape index (κ3) is 1.23. The lowest BCUT2D eigenvalue weighted by molar-refractivity contribution is 0.522. The molecule has 0 aliphatic heterocycles.